The van der Waals surface area contributed by atoms with Gasteiger partial charge in [0.2, 0.25) is 0 Å². The Labute approximate surface area is 110 Å². The van der Waals surface area contributed by atoms with E-state index >= 15 is 0 Å². The smallest absolute Gasteiger partial charge is 0.0116 e. The van der Waals surface area contributed by atoms with Crippen LogP contribution < -0.4 is 5.32 Å². The highest BCUT2D eigenvalue weighted by Gasteiger charge is 2.44. The number of rotatable bonds is 3. The SMILES string of the molecule is CNC1CC2CCC(C1)N2C1CCC(SC)C1. The van der Waals surface area contributed by atoms with E-state index in [1.54, 1.807) is 0 Å². The molecule has 3 heteroatoms. The van der Waals surface area contributed by atoms with Crippen molar-refractivity contribution in [2.75, 3.05) is 13.3 Å². The fourth-order valence-electron chi connectivity index (χ4n) is 4.45. The van der Waals surface area contributed by atoms with Gasteiger partial charge < -0.3 is 5.32 Å². The van der Waals surface area contributed by atoms with E-state index in [0.717, 1.165) is 29.4 Å². The Morgan fingerprint density at radius 2 is 1.53 bits per heavy atom. The van der Waals surface area contributed by atoms with Crippen molar-refractivity contribution in [1.29, 1.82) is 0 Å². The van der Waals surface area contributed by atoms with E-state index in [1.165, 1.54) is 44.9 Å². The second-order valence-electron chi connectivity index (χ2n) is 6.11. The third-order valence-corrected chi connectivity index (χ3v) is 6.40. The van der Waals surface area contributed by atoms with Gasteiger partial charge in [0.15, 0.2) is 0 Å². The average molecular weight is 254 g/mol. The molecule has 1 aliphatic carbocycles. The first-order valence-corrected chi connectivity index (χ1v) is 8.58. The maximum Gasteiger partial charge on any atom is 0.0116 e. The number of thioether (sulfide) groups is 1. The van der Waals surface area contributed by atoms with Gasteiger partial charge in [0.25, 0.3) is 0 Å². The van der Waals surface area contributed by atoms with Gasteiger partial charge in [0.1, 0.15) is 0 Å². The number of fused-ring (bicyclic) bond motifs is 2. The van der Waals surface area contributed by atoms with E-state index in [4.69, 9.17) is 0 Å². The first kappa shape index (κ1) is 12.3. The molecule has 0 aromatic carbocycles. The fraction of sp³-hybridized carbons (Fsp3) is 1.00. The Bertz CT molecular complexity index is 257. The van der Waals surface area contributed by atoms with Crippen LogP contribution in [0.15, 0.2) is 0 Å². The molecule has 2 bridgehead atoms. The van der Waals surface area contributed by atoms with Gasteiger partial charge in [0.05, 0.1) is 0 Å². The van der Waals surface area contributed by atoms with Crippen LogP contribution in [-0.2, 0) is 0 Å². The van der Waals surface area contributed by atoms with Crippen molar-refractivity contribution in [2.24, 2.45) is 0 Å². The molecular formula is C14H26N2S. The van der Waals surface area contributed by atoms with E-state index in [0.29, 0.717) is 0 Å². The monoisotopic (exact) mass is 254 g/mol. The second-order valence-corrected chi connectivity index (χ2v) is 7.25. The summed E-state index contributed by atoms with van der Waals surface area (Å²) < 4.78 is 0. The van der Waals surface area contributed by atoms with Gasteiger partial charge in [-0.25, -0.2) is 0 Å². The highest BCUT2D eigenvalue weighted by atomic mass is 32.2. The minimum atomic E-state index is 0.793. The number of nitrogens with zero attached hydrogens (tertiary/aromatic N) is 1. The summed E-state index contributed by atoms with van der Waals surface area (Å²) in [5.74, 6) is 0. The van der Waals surface area contributed by atoms with Gasteiger partial charge in [-0.15, -0.1) is 0 Å². The molecule has 98 valence electrons. The topological polar surface area (TPSA) is 15.3 Å². The molecule has 2 nitrogen and oxygen atoms in total. The molecule has 1 N–H and O–H groups in total. The predicted octanol–water partition coefficient (Wildman–Crippen LogP) is 2.49. The Hall–Kier alpha value is 0.270. The van der Waals surface area contributed by atoms with Crippen LogP contribution in [0, 0.1) is 0 Å². The first-order chi connectivity index (χ1) is 8.31. The van der Waals surface area contributed by atoms with Crippen molar-refractivity contribution in [3.8, 4) is 0 Å². The van der Waals surface area contributed by atoms with Crippen molar-refractivity contribution in [2.45, 2.75) is 74.4 Å². The van der Waals surface area contributed by atoms with Crippen LogP contribution in [0.3, 0.4) is 0 Å². The van der Waals surface area contributed by atoms with Crippen LogP contribution in [0.5, 0.6) is 0 Å². The van der Waals surface area contributed by atoms with Gasteiger partial charge in [-0.05, 0) is 58.2 Å². The molecule has 1 saturated carbocycles. The van der Waals surface area contributed by atoms with Crippen LogP contribution in [0.1, 0.15) is 44.9 Å². The molecular weight excluding hydrogens is 228 g/mol. The summed E-state index contributed by atoms with van der Waals surface area (Å²) in [5, 5.41) is 4.45. The van der Waals surface area contributed by atoms with Crippen LogP contribution in [-0.4, -0.2) is 47.6 Å². The standard InChI is InChI=1S/C14H26N2S/c1-15-10-7-11-3-4-12(8-10)16(11)13-5-6-14(9-13)17-2/h10-15H,3-9H2,1-2H3. The Morgan fingerprint density at radius 1 is 0.941 bits per heavy atom. The Kier molecular flexibility index (Phi) is 3.69. The van der Waals surface area contributed by atoms with Crippen LogP contribution in [0.25, 0.3) is 0 Å². The summed E-state index contributed by atoms with van der Waals surface area (Å²) >= 11 is 2.09. The summed E-state index contributed by atoms with van der Waals surface area (Å²) in [4.78, 5) is 2.93. The van der Waals surface area contributed by atoms with E-state index in [2.05, 4.69) is 35.3 Å². The molecule has 0 radical (unpaired) electrons. The zero-order valence-electron chi connectivity index (χ0n) is 11.2. The molecule has 0 amide bonds. The highest BCUT2D eigenvalue weighted by molar-refractivity contribution is 7.99. The molecule has 4 atom stereocenters. The molecule has 2 saturated heterocycles. The van der Waals surface area contributed by atoms with Crippen molar-refractivity contribution in [3.63, 3.8) is 0 Å². The molecule has 2 aliphatic heterocycles. The molecule has 3 fully saturated rings. The lowest BCUT2D eigenvalue weighted by molar-refractivity contribution is 0.0741. The second kappa shape index (κ2) is 5.10. The van der Waals surface area contributed by atoms with Crippen LogP contribution in [0.4, 0.5) is 0 Å². The van der Waals surface area contributed by atoms with Crippen molar-refractivity contribution in [1.82, 2.24) is 10.2 Å². The largest absolute Gasteiger partial charge is 0.317 e. The lowest BCUT2D eigenvalue weighted by Crippen LogP contribution is -2.52. The minimum Gasteiger partial charge on any atom is -0.317 e. The maximum absolute atomic E-state index is 3.51. The average Bonchev–Trinajstić information content (AvgIpc) is 2.91. The molecule has 2 heterocycles. The zero-order valence-corrected chi connectivity index (χ0v) is 12.0. The van der Waals surface area contributed by atoms with Gasteiger partial charge in [0, 0.05) is 29.4 Å². The molecule has 17 heavy (non-hydrogen) atoms. The lowest BCUT2D eigenvalue weighted by Gasteiger charge is -2.42. The molecule has 0 aromatic heterocycles. The third kappa shape index (κ3) is 2.26. The van der Waals surface area contributed by atoms with Crippen LogP contribution in [0.2, 0.25) is 0 Å². The van der Waals surface area contributed by atoms with Gasteiger partial charge in [-0.1, -0.05) is 0 Å². The third-order valence-electron chi connectivity index (χ3n) is 5.31. The quantitative estimate of drug-likeness (QED) is 0.833. The molecule has 3 aliphatic rings. The Balaban J connectivity index is 1.65. The van der Waals surface area contributed by atoms with Crippen molar-refractivity contribution < 1.29 is 0 Å². The Morgan fingerprint density at radius 3 is 2.06 bits per heavy atom. The van der Waals surface area contributed by atoms with Gasteiger partial charge in [-0.2, -0.15) is 11.8 Å². The van der Waals surface area contributed by atoms with Crippen LogP contribution >= 0.6 is 11.8 Å². The summed E-state index contributed by atoms with van der Waals surface area (Å²) in [6, 6.07) is 3.51. The zero-order chi connectivity index (χ0) is 11.8. The molecule has 0 aromatic rings. The van der Waals surface area contributed by atoms with E-state index in [9.17, 15) is 0 Å². The van der Waals surface area contributed by atoms with Gasteiger partial charge in [-0.3, -0.25) is 4.90 Å². The summed E-state index contributed by atoms with van der Waals surface area (Å²) in [6.07, 6.45) is 12.4. The normalized spacial score (nSPS) is 46.6. The van der Waals surface area contributed by atoms with Crippen molar-refractivity contribution >= 4 is 11.8 Å². The van der Waals surface area contributed by atoms with E-state index < -0.39 is 0 Å². The first-order valence-electron chi connectivity index (χ1n) is 7.29. The predicted molar refractivity (Wildman–Crippen MR) is 75.7 cm³/mol. The summed E-state index contributed by atoms with van der Waals surface area (Å²) in [7, 11) is 2.14. The number of hydrogen-bond donors (Lipinski definition) is 1. The van der Waals surface area contributed by atoms with Crippen molar-refractivity contribution in [3.05, 3.63) is 0 Å². The summed E-state index contributed by atoms with van der Waals surface area (Å²) in [6.45, 7) is 0. The molecule has 3 rings (SSSR count). The fourth-order valence-corrected chi connectivity index (χ4v) is 5.23. The number of nitrogens with one attached hydrogen (secondary N) is 1. The maximum atomic E-state index is 3.51. The number of piperidine rings is 1. The number of hydrogen-bond acceptors (Lipinski definition) is 3. The van der Waals surface area contributed by atoms with Gasteiger partial charge >= 0.3 is 0 Å². The van der Waals surface area contributed by atoms with E-state index in [1.807, 2.05) is 0 Å². The lowest BCUT2D eigenvalue weighted by atomic mass is 9.95. The molecule has 0 spiro atoms. The minimum absolute atomic E-state index is 0.793. The summed E-state index contributed by atoms with van der Waals surface area (Å²) in [5.41, 5.74) is 0. The highest BCUT2D eigenvalue weighted by Crippen LogP contribution is 2.42. The molecule has 4 unspecified atom stereocenters. The van der Waals surface area contributed by atoms with E-state index in [-0.39, 0.29) is 0 Å².